The van der Waals surface area contributed by atoms with E-state index in [-0.39, 0.29) is 18.8 Å². The summed E-state index contributed by atoms with van der Waals surface area (Å²) >= 11 is 0. The Balaban J connectivity index is 2.39. The van der Waals surface area contributed by atoms with E-state index in [1.165, 1.54) is 10.9 Å². The van der Waals surface area contributed by atoms with Gasteiger partial charge in [-0.3, -0.25) is 4.68 Å². The summed E-state index contributed by atoms with van der Waals surface area (Å²) in [4.78, 5) is 10.5. The van der Waals surface area contributed by atoms with Crippen LogP contribution in [0, 0.1) is 0 Å². The highest BCUT2D eigenvalue weighted by molar-refractivity contribution is 7.87. The van der Waals surface area contributed by atoms with E-state index in [9.17, 15) is 13.2 Å². The first-order valence-corrected chi connectivity index (χ1v) is 6.80. The van der Waals surface area contributed by atoms with Crippen LogP contribution in [-0.2, 0) is 16.8 Å². The molecule has 9 nitrogen and oxygen atoms in total. The maximum atomic E-state index is 11.3. The fraction of sp³-hybridized carbons (Fsp3) is 0.625. The fourth-order valence-electron chi connectivity index (χ4n) is 1.09. The lowest BCUT2D eigenvalue weighted by Gasteiger charge is -2.06. The smallest absolute Gasteiger partial charge is 0.358 e. The quantitative estimate of drug-likeness (QED) is 0.548. The van der Waals surface area contributed by atoms with E-state index in [1.54, 1.807) is 0 Å². The van der Waals surface area contributed by atoms with Gasteiger partial charge in [0.2, 0.25) is 0 Å². The molecule has 0 aromatic carbocycles. The lowest BCUT2D eigenvalue weighted by Crippen LogP contribution is -2.38. The molecule has 0 aliphatic rings. The minimum atomic E-state index is -3.50. The second-order valence-corrected chi connectivity index (χ2v) is 5.05. The molecule has 10 heteroatoms. The van der Waals surface area contributed by atoms with Gasteiger partial charge in [0.1, 0.15) is 0 Å². The van der Waals surface area contributed by atoms with Gasteiger partial charge >= 0.3 is 5.97 Å². The summed E-state index contributed by atoms with van der Waals surface area (Å²) < 4.78 is 28.6. The Morgan fingerprint density at radius 2 is 2.11 bits per heavy atom. The Morgan fingerprint density at radius 3 is 2.67 bits per heavy atom. The molecule has 0 saturated heterocycles. The predicted molar refractivity (Wildman–Crippen MR) is 62.2 cm³/mol. The normalized spacial score (nSPS) is 11.6. The van der Waals surface area contributed by atoms with Gasteiger partial charge < -0.3 is 5.11 Å². The van der Waals surface area contributed by atoms with E-state index >= 15 is 0 Å². The van der Waals surface area contributed by atoms with Crippen molar-refractivity contribution < 1.29 is 18.3 Å². The molecule has 1 aromatic rings. The summed E-state index contributed by atoms with van der Waals surface area (Å²) in [7, 11) is -3.50. The first-order chi connectivity index (χ1) is 8.44. The minimum absolute atomic E-state index is 0.0987. The van der Waals surface area contributed by atoms with Crippen molar-refractivity contribution in [3.8, 4) is 0 Å². The van der Waals surface area contributed by atoms with Crippen molar-refractivity contribution in [1.82, 2.24) is 24.4 Å². The Morgan fingerprint density at radius 1 is 1.44 bits per heavy atom. The third-order valence-corrected chi connectivity index (χ3v) is 3.10. The molecular weight excluding hydrogens is 262 g/mol. The number of carbonyl (C=O) groups is 1. The summed E-state index contributed by atoms with van der Waals surface area (Å²) in [6.45, 7) is 2.52. The van der Waals surface area contributed by atoms with E-state index in [1.807, 2.05) is 6.92 Å². The van der Waals surface area contributed by atoms with Gasteiger partial charge in [0.25, 0.3) is 10.2 Å². The Bertz CT molecular complexity index is 497. The van der Waals surface area contributed by atoms with Crippen LogP contribution in [0.1, 0.15) is 23.8 Å². The van der Waals surface area contributed by atoms with Crippen LogP contribution in [0.4, 0.5) is 0 Å². The monoisotopic (exact) mass is 277 g/mol. The molecule has 0 saturated carbocycles. The number of aromatic carboxylic acids is 1. The lowest BCUT2D eigenvalue weighted by atomic mass is 10.5. The number of rotatable bonds is 8. The van der Waals surface area contributed by atoms with Gasteiger partial charge in [-0.05, 0) is 6.42 Å². The van der Waals surface area contributed by atoms with Crippen molar-refractivity contribution in [2.75, 3.05) is 13.1 Å². The van der Waals surface area contributed by atoms with Crippen LogP contribution in [0.2, 0.25) is 0 Å². The van der Waals surface area contributed by atoms with E-state index in [4.69, 9.17) is 5.11 Å². The zero-order valence-corrected chi connectivity index (χ0v) is 10.6. The van der Waals surface area contributed by atoms with Crippen LogP contribution < -0.4 is 9.44 Å². The van der Waals surface area contributed by atoms with Gasteiger partial charge in [0.15, 0.2) is 5.69 Å². The molecule has 0 unspecified atom stereocenters. The number of nitrogens with one attached hydrogen (secondary N) is 2. The van der Waals surface area contributed by atoms with Crippen molar-refractivity contribution in [3.63, 3.8) is 0 Å². The highest BCUT2D eigenvalue weighted by Gasteiger charge is 2.10. The van der Waals surface area contributed by atoms with Crippen LogP contribution in [0.15, 0.2) is 6.20 Å². The molecule has 1 aromatic heterocycles. The molecule has 3 N–H and O–H groups in total. The number of aromatic nitrogens is 3. The maximum absolute atomic E-state index is 11.3. The number of carboxylic acid groups (broad SMARTS) is 1. The molecule has 0 amide bonds. The molecular formula is C8H15N5O4S. The van der Waals surface area contributed by atoms with Gasteiger partial charge in [-0.15, -0.1) is 5.10 Å². The third kappa shape index (κ3) is 4.77. The van der Waals surface area contributed by atoms with Crippen LogP contribution in [0.3, 0.4) is 0 Å². The van der Waals surface area contributed by atoms with Gasteiger partial charge in [-0.2, -0.15) is 8.42 Å². The third-order valence-electron chi connectivity index (χ3n) is 1.93. The molecule has 1 heterocycles. The molecule has 102 valence electrons. The minimum Gasteiger partial charge on any atom is -0.476 e. The maximum Gasteiger partial charge on any atom is 0.358 e. The average molecular weight is 277 g/mol. The molecule has 18 heavy (non-hydrogen) atoms. The Kier molecular flexibility index (Phi) is 5.19. The molecule has 0 aliphatic heterocycles. The fourth-order valence-corrected chi connectivity index (χ4v) is 2.02. The zero-order valence-electron chi connectivity index (χ0n) is 9.83. The highest BCUT2D eigenvalue weighted by Crippen LogP contribution is 1.92. The van der Waals surface area contributed by atoms with Crippen LogP contribution in [0.5, 0.6) is 0 Å². The lowest BCUT2D eigenvalue weighted by molar-refractivity contribution is 0.0690. The van der Waals surface area contributed by atoms with Crippen LogP contribution in [0.25, 0.3) is 0 Å². The SMILES string of the molecule is CCCNS(=O)(=O)NCCn1cc(C(=O)O)nn1. The molecule has 0 fully saturated rings. The molecule has 0 spiro atoms. The largest absolute Gasteiger partial charge is 0.476 e. The Hall–Kier alpha value is -1.52. The van der Waals surface area contributed by atoms with Crippen LogP contribution >= 0.6 is 0 Å². The first kappa shape index (κ1) is 14.5. The molecule has 0 radical (unpaired) electrons. The summed E-state index contributed by atoms with van der Waals surface area (Å²) in [5, 5.41) is 15.6. The van der Waals surface area contributed by atoms with E-state index in [0.717, 1.165) is 0 Å². The van der Waals surface area contributed by atoms with Gasteiger partial charge in [-0.25, -0.2) is 14.2 Å². The van der Waals surface area contributed by atoms with Gasteiger partial charge in [0.05, 0.1) is 12.7 Å². The van der Waals surface area contributed by atoms with Crippen molar-refractivity contribution in [2.24, 2.45) is 0 Å². The number of hydrogen-bond acceptors (Lipinski definition) is 5. The van der Waals surface area contributed by atoms with Crippen molar-refractivity contribution in [3.05, 3.63) is 11.9 Å². The number of hydrogen-bond donors (Lipinski definition) is 3. The molecule has 0 atom stereocenters. The first-order valence-electron chi connectivity index (χ1n) is 5.32. The van der Waals surface area contributed by atoms with Crippen LogP contribution in [-0.4, -0.2) is 47.6 Å². The predicted octanol–water partition coefficient (Wildman–Crippen LogP) is -1.19. The summed E-state index contributed by atoms with van der Waals surface area (Å²) in [5.41, 5.74) is -0.179. The second-order valence-electron chi connectivity index (χ2n) is 3.46. The summed E-state index contributed by atoms with van der Waals surface area (Å²) in [6, 6.07) is 0. The Labute approximate surface area is 104 Å². The molecule has 0 bridgehead atoms. The van der Waals surface area contributed by atoms with E-state index in [2.05, 4.69) is 19.8 Å². The zero-order chi connectivity index (χ0) is 13.6. The second kappa shape index (κ2) is 6.42. The molecule has 1 rings (SSSR count). The van der Waals surface area contributed by atoms with E-state index < -0.39 is 16.2 Å². The molecule has 0 aliphatic carbocycles. The van der Waals surface area contributed by atoms with Gasteiger partial charge in [0, 0.05) is 13.1 Å². The topological polar surface area (TPSA) is 126 Å². The summed E-state index contributed by atoms with van der Waals surface area (Å²) in [5.74, 6) is -1.17. The van der Waals surface area contributed by atoms with Crippen molar-refractivity contribution >= 4 is 16.2 Å². The number of carboxylic acids is 1. The average Bonchev–Trinajstić information content (AvgIpc) is 2.75. The van der Waals surface area contributed by atoms with Gasteiger partial charge in [-0.1, -0.05) is 12.1 Å². The summed E-state index contributed by atoms with van der Waals surface area (Å²) in [6.07, 6.45) is 1.93. The number of nitrogens with zero attached hydrogens (tertiary/aromatic N) is 3. The standard InChI is InChI=1S/C8H15N5O4S/c1-2-3-9-18(16,17)10-4-5-13-6-7(8(14)15)11-12-13/h6,9-10H,2-5H2,1H3,(H,14,15). The van der Waals surface area contributed by atoms with Crippen molar-refractivity contribution in [2.45, 2.75) is 19.9 Å². The van der Waals surface area contributed by atoms with E-state index in [0.29, 0.717) is 13.0 Å². The highest BCUT2D eigenvalue weighted by atomic mass is 32.2. The van der Waals surface area contributed by atoms with Crippen molar-refractivity contribution in [1.29, 1.82) is 0 Å².